The molecule has 3 rings (SSSR count). The maximum atomic E-state index is 13.5. The monoisotopic (exact) mass is 390 g/mol. The lowest BCUT2D eigenvalue weighted by atomic mass is 9.83. The van der Waals surface area contributed by atoms with E-state index in [2.05, 4.69) is 10.6 Å². The summed E-state index contributed by atoms with van der Waals surface area (Å²) in [4.78, 5) is 36.0. The quantitative estimate of drug-likeness (QED) is 0.663. The first kappa shape index (κ1) is 20.3. The summed E-state index contributed by atoms with van der Waals surface area (Å²) in [6.45, 7) is 0. The van der Waals surface area contributed by atoms with E-state index in [9.17, 15) is 18.8 Å². The molecule has 28 heavy (non-hydrogen) atoms. The smallest absolute Gasteiger partial charge is 0.303 e. The number of carboxylic acid groups (broad SMARTS) is 1. The number of carbonyl (C=O) groups excluding carboxylic acids is 2. The topological polar surface area (TPSA) is 95.5 Å². The van der Waals surface area contributed by atoms with Crippen molar-refractivity contribution in [2.75, 3.05) is 5.32 Å². The summed E-state index contributed by atoms with van der Waals surface area (Å²) in [5.41, 5.74) is 0.916. The maximum Gasteiger partial charge on any atom is 0.303 e. The minimum Gasteiger partial charge on any atom is -0.481 e. The second kappa shape index (κ2) is 9.17. The third-order valence-corrected chi connectivity index (χ3v) is 5.77. The van der Waals surface area contributed by atoms with Gasteiger partial charge in [-0.15, -0.1) is 0 Å². The number of anilines is 1. The molecule has 1 fully saturated rings. The molecule has 7 heteroatoms. The van der Waals surface area contributed by atoms with Gasteiger partial charge in [-0.1, -0.05) is 38.2 Å². The fraction of sp³-hybridized carbons (Fsp3) is 0.571. The zero-order valence-electron chi connectivity index (χ0n) is 15.9. The number of rotatable bonds is 7. The number of hydrogen-bond donors (Lipinski definition) is 3. The number of halogens is 1. The van der Waals surface area contributed by atoms with Crippen LogP contribution in [0.15, 0.2) is 18.2 Å². The summed E-state index contributed by atoms with van der Waals surface area (Å²) >= 11 is 0. The Labute approximate surface area is 163 Å². The van der Waals surface area contributed by atoms with Crippen LogP contribution in [0.2, 0.25) is 0 Å². The first-order valence-corrected chi connectivity index (χ1v) is 10.0. The highest BCUT2D eigenvalue weighted by Gasteiger charge is 2.32. The molecule has 2 unspecified atom stereocenters. The van der Waals surface area contributed by atoms with Crippen molar-refractivity contribution in [1.29, 1.82) is 0 Å². The van der Waals surface area contributed by atoms with Gasteiger partial charge < -0.3 is 15.7 Å². The fourth-order valence-electron chi connectivity index (χ4n) is 4.34. The van der Waals surface area contributed by atoms with Crippen LogP contribution in [0.1, 0.15) is 69.3 Å². The summed E-state index contributed by atoms with van der Waals surface area (Å²) in [6, 6.07) is 3.79. The molecule has 0 bridgehead atoms. The van der Waals surface area contributed by atoms with E-state index in [1.54, 1.807) is 0 Å². The standard InChI is InChI=1S/C21H27FN2O4/c22-14-6-8-16-17(12-19(25)24-18(16)11-14)21(28)23-15(7-9-20(26)27)10-13-4-2-1-3-5-13/h6,8,11,13,15,17H,1-5,7,9-10,12H2,(H,23,28)(H,24,25)(H,26,27). The molecule has 1 aliphatic heterocycles. The third kappa shape index (κ3) is 5.30. The third-order valence-electron chi connectivity index (χ3n) is 5.77. The summed E-state index contributed by atoms with van der Waals surface area (Å²) < 4.78 is 13.5. The summed E-state index contributed by atoms with van der Waals surface area (Å²) in [7, 11) is 0. The van der Waals surface area contributed by atoms with Crippen LogP contribution in [0.4, 0.5) is 10.1 Å². The molecule has 1 saturated carbocycles. The number of benzene rings is 1. The van der Waals surface area contributed by atoms with E-state index in [4.69, 9.17) is 5.11 Å². The van der Waals surface area contributed by atoms with Gasteiger partial charge in [0.15, 0.2) is 0 Å². The Morgan fingerprint density at radius 2 is 2.00 bits per heavy atom. The Balaban J connectivity index is 1.71. The van der Waals surface area contributed by atoms with Gasteiger partial charge in [0, 0.05) is 24.6 Å². The number of amides is 2. The molecule has 1 heterocycles. The molecule has 0 spiro atoms. The molecule has 0 saturated heterocycles. The van der Waals surface area contributed by atoms with Crippen LogP contribution in [0, 0.1) is 11.7 Å². The molecule has 2 atom stereocenters. The van der Waals surface area contributed by atoms with Crippen molar-refractivity contribution in [3.8, 4) is 0 Å². The number of carbonyl (C=O) groups is 3. The molecular weight excluding hydrogens is 363 g/mol. The minimum atomic E-state index is -0.888. The number of hydrogen-bond acceptors (Lipinski definition) is 3. The van der Waals surface area contributed by atoms with E-state index in [0.717, 1.165) is 19.3 Å². The maximum absolute atomic E-state index is 13.5. The average Bonchev–Trinajstić information content (AvgIpc) is 2.65. The predicted octanol–water partition coefficient (Wildman–Crippen LogP) is 3.57. The van der Waals surface area contributed by atoms with E-state index in [0.29, 0.717) is 23.6 Å². The van der Waals surface area contributed by atoms with E-state index < -0.39 is 17.7 Å². The zero-order valence-corrected chi connectivity index (χ0v) is 15.9. The second-order valence-electron chi connectivity index (χ2n) is 7.91. The number of carboxylic acids is 1. The highest BCUT2D eigenvalue weighted by molar-refractivity contribution is 6.01. The van der Waals surface area contributed by atoms with Crippen molar-refractivity contribution >= 4 is 23.5 Å². The van der Waals surface area contributed by atoms with Crippen molar-refractivity contribution in [2.45, 2.75) is 69.7 Å². The Bertz CT molecular complexity index is 746. The Morgan fingerprint density at radius 3 is 2.71 bits per heavy atom. The molecule has 0 aromatic heterocycles. The minimum absolute atomic E-state index is 0.000452. The van der Waals surface area contributed by atoms with Crippen LogP contribution in [0.25, 0.3) is 0 Å². The van der Waals surface area contributed by atoms with E-state index in [-0.39, 0.29) is 30.7 Å². The molecule has 6 nitrogen and oxygen atoms in total. The van der Waals surface area contributed by atoms with Crippen LogP contribution in [0.3, 0.4) is 0 Å². The largest absolute Gasteiger partial charge is 0.481 e. The summed E-state index contributed by atoms with van der Waals surface area (Å²) in [5, 5.41) is 14.6. The zero-order chi connectivity index (χ0) is 20.1. The van der Waals surface area contributed by atoms with E-state index in [1.807, 2.05) is 0 Å². The molecule has 1 aromatic rings. The lowest BCUT2D eigenvalue weighted by Crippen LogP contribution is -2.42. The molecule has 152 valence electrons. The van der Waals surface area contributed by atoms with Gasteiger partial charge in [0.25, 0.3) is 0 Å². The van der Waals surface area contributed by atoms with Crippen molar-refractivity contribution in [2.24, 2.45) is 5.92 Å². The van der Waals surface area contributed by atoms with Crippen molar-refractivity contribution in [3.05, 3.63) is 29.6 Å². The summed E-state index contributed by atoms with van der Waals surface area (Å²) in [5.74, 6) is -2.19. The van der Waals surface area contributed by atoms with Gasteiger partial charge in [-0.05, 0) is 36.5 Å². The van der Waals surface area contributed by atoms with Gasteiger partial charge in [-0.25, -0.2) is 4.39 Å². The molecule has 2 amide bonds. The van der Waals surface area contributed by atoms with Crippen LogP contribution in [-0.4, -0.2) is 28.9 Å². The summed E-state index contributed by atoms with van der Waals surface area (Å²) in [6.07, 6.45) is 6.90. The first-order valence-electron chi connectivity index (χ1n) is 10.0. The molecule has 2 aliphatic rings. The predicted molar refractivity (Wildman–Crippen MR) is 102 cm³/mol. The Kier molecular flexibility index (Phi) is 6.65. The number of fused-ring (bicyclic) bond motifs is 1. The van der Waals surface area contributed by atoms with Crippen molar-refractivity contribution < 1.29 is 23.9 Å². The SMILES string of the molecule is O=C(O)CCC(CC1CCCCC1)NC(=O)C1CC(=O)Nc2cc(F)ccc21. The average molecular weight is 390 g/mol. The number of nitrogens with one attached hydrogen (secondary N) is 2. The highest BCUT2D eigenvalue weighted by atomic mass is 19.1. The Hall–Kier alpha value is -2.44. The molecule has 3 N–H and O–H groups in total. The van der Waals surface area contributed by atoms with Crippen LogP contribution >= 0.6 is 0 Å². The van der Waals surface area contributed by atoms with Gasteiger partial charge in [0.2, 0.25) is 11.8 Å². The highest BCUT2D eigenvalue weighted by Crippen LogP contribution is 2.34. The van der Waals surface area contributed by atoms with Crippen molar-refractivity contribution in [1.82, 2.24) is 5.32 Å². The molecule has 1 aliphatic carbocycles. The van der Waals surface area contributed by atoms with Crippen molar-refractivity contribution in [3.63, 3.8) is 0 Å². The van der Waals surface area contributed by atoms with E-state index >= 15 is 0 Å². The Morgan fingerprint density at radius 1 is 1.25 bits per heavy atom. The molecule has 0 radical (unpaired) electrons. The van der Waals surface area contributed by atoms with Gasteiger partial charge in [-0.3, -0.25) is 14.4 Å². The van der Waals surface area contributed by atoms with Gasteiger partial charge in [0.05, 0.1) is 5.92 Å². The van der Waals surface area contributed by atoms with Gasteiger partial charge in [-0.2, -0.15) is 0 Å². The second-order valence-corrected chi connectivity index (χ2v) is 7.91. The lowest BCUT2D eigenvalue weighted by Gasteiger charge is -2.30. The van der Waals surface area contributed by atoms with Crippen LogP contribution in [0.5, 0.6) is 0 Å². The van der Waals surface area contributed by atoms with Crippen LogP contribution < -0.4 is 10.6 Å². The van der Waals surface area contributed by atoms with E-state index in [1.165, 1.54) is 37.5 Å². The number of aliphatic carboxylic acids is 1. The van der Waals surface area contributed by atoms with Gasteiger partial charge in [0.1, 0.15) is 5.82 Å². The fourth-order valence-corrected chi connectivity index (χ4v) is 4.34. The molecule has 1 aromatic carbocycles. The van der Waals surface area contributed by atoms with Crippen LogP contribution in [-0.2, 0) is 14.4 Å². The molecular formula is C21H27FN2O4. The first-order chi connectivity index (χ1) is 13.4. The van der Waals surface area contributed by atoms with Gasteiger partial charge >= 0.3 is 5.97 Å². The lowest BCUT2D eigenvalue weighted by molar-refractivity contribution is -0.137. The normalized spacial score (nSPS) is 20.8.